The second kappa shape index (κ2) is 3.95. The van der Waals surface area contributed by atoms with Gasteiger partial charge in [0.05, 0.1) is 11.9 Å². The Morgan fingerprint density at radius 3 is 2.57 bits per heavy atom. The highest BCUT2D eigenvalue weighted by Gasteiger charge is 2.14. The Hall–Kier alpha value is -1.12. The van der Waals surface area contributed by atoms with Gasteiger partial charge >= 0.3 is 0 Å². The van der Waals surface area contributed by atoms with Crippen molar-refractivity contribution in [1.29, 1.82) is 0 Å². The topological polar surface area (TPSA) is 29.0 Å². The second-order valence-electron chi connectivity index (χ2n) is 4.15. The first-order valence-electron chi connectivity index (χ1n) is 5.34. The fourth-order valence-corrected chi connectivity index (χ4v) is 1.75. The van der Waals surface area contributed by atoms with Gasteiger partial charge in [0, 0.05) is 19.3 Å². The summed E-state index contributed by atoms with van der Waals surface area (Å²) >= 11 is 0. The van der Waals surface area contributed by atoms with Crippen LogP contribution in [0.3, 0.4) is 0 Å². The summed E-state index contributed by atoms with van der Waals surface area (Å²) in [5.74, 6) is 1.51. The minimum atomic E-state index is 0.463. The molecule has 1 saturated heterocycles. The van der Waals surface area contributed by atoms with Crippen molar-refractivity contribution < 1.29 is 0 Å². The lowest BCUT2D eigenvalue weighted by Gasteiger charge is -2.16. The molecule has 2 heterocycles. The van der Waals surface area contributed by atoms with Gasteiger partial charge in [-0.05, 0) is 18.8 Å². The van der Waals surface area contributed by atoms with Crippen molar-refractivity contribution in [2.24, 2.45) is 0 Å². The summed E-state index contributed by atoms with van der Waals surface area (Å²) in [5, 5.41) is 0. The maximum absolute atomic E-state index is 4.62. The van der Waals surface area contributed by atoms with Crippen LogP contribution in [0.15, 0.2) is 12.4 Å². The highest BCUT2D eigenvalue weighted by atomic mass is 15.2. The first-order valence-corrected chi connectivity index (χ1v) is 5.34. The van der Waals surface area contributed by atoms with Crippen LogP contribution in [0.1, 0.15) is 38.3 Å². The summed E-state index contributed by atoms with van der Waals surface area (Å²) in [4.78, 5) is 11.2. The Bertz CT molecular complexity index is 303. The molecule has 0 saturated carbocycles. The Kier molecular flexibility index (Phi) is 2.66. The van der Waals surface area contributed by atoms with Crippen molar-refractivity contribution >= 4 is 5.82 Å². The molecule has 2 rings (SSSR count). The summed E-state index contributed by atoms with van der Waals surface area (Å²) in [6, 6.07) is 0. The van der Waals surface area contributed by atoms with Crippen LogP contribution < -0.4 is 4.90 Å². The molecule has 1 aliphatic rings. The zero-order valence-corrected chi connectivity index (χ0v) is 8.90. The molecule has 0 aromatic carbocycles. The molecule has 1 aromatic heterocycles. The average molecular weight is 191 g/mol. The van der Waals surface area contributed by atoms with E-state index in [9.17, 15) is 0 Å². The number of anilines is 1. The van der Waals surface area contributed by atoms with Crippen LogP contribution in [0.4, 0.5) is 5.82 Å². The normalized spacial score (nSPS) is 16.6. The van der Waals surface area contributed by atoms with E-state index in [2.05, 4.69) is 28.7 Å². The molecule has 1 aliphatic heterocycles. The molecule has 0 N–H and O–H groups in total. The summed E-state index contributed by atoms with van der Waals surface area (Å²) < 4.78 is 0. The van der Waals surface area contributed by atoms with E-state index in [0.29, 0.717) is 5.92 Å². The molecule has 0 aliphatic carbocycles. The Morgan fingerprint density at radius 2 is 1.93 bits per heavy atom. The van der Waals surface area contributed by atoms with E-state index in [0.717, 1.165) is 24.6 Å². The number of aromatic nitrogens is 2. The van der Waals surface area contributed by atoms with Crippen molar-refractivity contribution in [3.05, 3.63) is 18.1 Å². The largest absolute Gasteiger partial charge is 0.355 e. The van der Waals surface area contributed by atoms with Gasteiger partial charge in [0.2, 0.25) is 0 Å². The lowest BCUT2D eigenvalue weighted by molar-refractivity contribution is 0.798. The minimum absolute atomic E-state index is 0.463. The molecular formula is C11H17N3. The molecule has 0 unspecified atom stereocenters. The number of nitrogens with zero attached hydrogens (tertiary/aromatic N) is 3. The fourth-order valence-electron chi connectivity index (χ4n) is 1.75. The van der Waals surface area contributed by atoms with E-state index in [1.54, 1.807) is 0 Å². The lowest BCUT2D eigenvalue weighted by Crippen LogP contribution is -2.19. The van der Waals surface area contributed by atoms with Crippen LogP contribution in [0, 0.1) is 0 Å². The smallest absolute Gasteiger partial charge is 0.147 e. The van der Waals surface area contributed by atoms with E-state index in [1.165, 1.54) is 12.8 Å². The third-order valence-electron chi connectivity index (χ3n) is 2.66. The van der Waals surface area contributed by atoms with Crippen LogP contribution >= 0.6 is 0 Å². The van der Waals surface area contributed by atoms with Crippen LogP contribution in [0.25, 0.3) is 0 Å². The summed E-state index contributed by atoms with van der Waals surface area (Å²) in [6.07, 6.45) is 6.31. The zero-order valence-electron chi connectivity index (χ0n) is 8.90. The van der Waals surface area contributed by atoms with Crippen LogP contribution in [0.2, 0.25) is 0 Å². The maximum atomic E-state index is 4.62. The van der Waals surface area contributed by atoms with Gasteiger partial charge in [-0.25, -0.2) is 4.98 Å². The van der Waals surface area contributed by atoms with Gasteiger partial charge in [-0.3, -0.25) is 4.98 Å². The molecule has 0 radical (unpaired) electrons. The lowest BCUT2D eigenvalue weighted by atomic mass is 10.1. The predicted octanol–water partition coefficient (Wildman–Crippen LogP) is 2.20. The third-order valence-corrected chi connectivity index (χ3v) is 2.66. The van der Waals surface area contributed by atoms with Gasteiger partial charge in [0.1, 0.15) is 5.82 Å². The predicted molar refractivity (Wildman–Crippen MR) is 57.6 cm³/mol. The number of hydrogen-bond acceptors (Lipinski definition) is 3. The summed E-state index contributed by atoms with van der Waals surface area (Å²) in [6.45, 7) is 6.57. The molecule has 1 aromatic rings. The molecule has 14 heavy (non-hydrogen) atoms. The van der Waals surface area contributed by atoms with Gasteiger partial charge in [0.25, 0.3) is 0 Å². The average Bonchev–Trinajstić information content (AvgIpc) is 2.71. The molecular weight excluding hydrogens is 174 g/mol. The third kappa shape index (κ3) is 1.86. The van der Waals surface area contributed by atoms with E-state index in [-0.39, 0.29) is 0 Å². The van der Waals surface area contributed by atoms with Crippen molar-refractivity contribution in [3.8, 4) is 0 Å². The quantitative estimate of drug-likeness (QED) is 0.717. The molecule has 0 spiro atoms. The molecule has 0 bridgehead atoms. The van der Waals surface area contributed by atoms with Crippen molar-refractivity contribution in [3.63, 3.8) is 0 Å². The van der Waals surface area contributed by atoms with Gasteiger partial charge < -0.3 is 4.90 Å². The summed E-state index contributed by atoms with van der Waals surface area (Å²) in [7, 11) is 0. The van der Waals surface area contributed by atoms with Gasteiger partial charge in [-0.15, -0.1) is 0 Å². The first-order chi connectivity index (χ1) is 6.77. The minimum Gasteiger partial charge on any atom is -0.355 e. The second-order valence-corrected chi connectivity index (χ2v) is 4.15. The Balaban J connectivity index is 2.21. The molecule has 0 atom stereocenters. The molecule has 0 amide bonds. The first kappa shape index (κ1) is 9.44. The van der Waals surface area contributed by atoms with Crippen LogP contribution in [0.5, 0.6) is 0 Å². The van der Waals surface area contributed by atoms with Gasteiger partial charge in [-0.2, -0.15) is 0 Å². The van der Waals surface area contributed by atoms with Crippen LogP contribution in [-0.2, 0) is 0 Å². The summed E-state index contributed by atoms with van der Waals surface area (Å²) in [5.41, 5.74) is 1.09. The van der Waals surface area contributed by atoms with Gasteiger partial charge in [0.15, 0.2) is 0 Å². The standard InChI is InChI=1S/C11H17N3/c1-9(2)10-7-12-8-11(13-10)14-5-3-4-6-14/h7-9H,3-6H2,1-2H3. The van der Waals surface area contributed by atoms with E-state index in [1.807, 2.05) is 12.4 Å². The number of rotatable bonds is 2. The molecule has 3 nitrogen and oxygen atoms in total. The van der Waals surface area contributed by atoms with Crippen LogP contribution in [-0.4, -0.2) is 23.1 Å². The monoisotopic (exact) mass is 191 g/mol. The Morgan fingerprint density at radius 1 is 1.21 bits per heavy atom. The molecule has 76 valence electrons. The fraction of sp³-hybridized carbons (Fsp3) is 0.636. The van der Waals surface area contributed by atoms with E-state index in [4.69, 9.17) is 0 Å². The highest BCUT2D eigenvalue weighted by Crippen LogP contribution is 2.19. The van der Waals surface area contributed by atoms with Crippen molar-refractivity contribution in [2.75, 3.05) is 18.0 Å². The maximum Gasteiger partial charge on any atom is 0.147 e. The van der Waals surface area contributed by atoms with Crippen molar-refractivity contribution in [1.82, 2.24) is 9.97 Å². The van der Waals surface area contributed by atoms with Gasteiger partial charge in [-0.1, -0.05) is 13.8 Å². The number of hydrogen-bond donors (Lipinski definition) is 0. The zero-order chi connectivity index (χ0) is 9.97. The van der Waals surface area contributed by atoms with Crippen molar-refractivity contribution in [2.45, 2.75) is 32.6 Å². The SMILES string of the molecule is CC(C)c1cncc(N2CCCC2)n1. The highest BCUT2D eigenvalue weighted by molar-refractivity contribution is 5.37. The van der Waals surface area contributed by atoms with E-state index < -0.39 is 0 Å². The Labute approximate surface area is 85.2 Å². The molecule has 3 heteroatoms. The van der Waals surface area contributed by atoms with E-state index >= 15 is 0 Å². The molecule has 1 fully saturated rings.